The summed E-state index contributed by atoms with van der Waals surface area (Å²) in [6.45, 7) is 7.33. The molecule has 32 heavy (non-hydrogen) atoms. The average molecular weight is 452 g/mol. The molecule has 0 aliphatic carbocycles. The van der Waals surface area contributed by atoms with Crippen molar-refractivity contribution in [3.63, 3.8) is 0 Å². The van der Waals surface area contributed by atoms with Crippen LogP contribution < -0.4 is 16.0 Å². The molecule has 1 unspecified atom stereocenters. The molecule has 4 rings (SSSR count). The summed E-state index contributed by atoms with van der Waals surface area (Å²) in [6, 6.07) is 11.5. The predicted molar refractivity (Wildman–Crippen MR) is 129 cm³/mol. The Morgan fingerprint density at radius 3 is 2.62 bits per heavy atom. The summed E-state index contributed by atoms with van der Waals surface area (Å²) in [5, 5.41) is 3.48. The molecule has 8 heteroatoms. The van der Waals surface area contributed by atoms with E-state index in [0.29, 0.717) is 11.4 Å². The number of nitrogens with one attached hydrogen (secondary N) is 1. The molecule has 0 amide bonds. The molecule has 1 atom stereocenters. The lowest BCUT2D eigenvalue weighted by Gasteiger charge is -2.32. The molecule has 0 saturated carbocycles. The Labute approximate surface area is 189 Å². The summed E-state index contributed by atoms with van der Waals surface area (Å²) in [5.74, 6) is 0.763. The number of nitrogens with two attached hydrogens (primary N) is 1. The normalized spacial score (nSPS) is 14.7. The van der Waals surface area contributed by atoms with Crippen LogP contribution in [0.25, 0.3) is 0 Å². The van der Waals surface area contributed by atoms with E-state index in [1.165, 1.54) is 6.26 Å². The van der Waals surface area contributed by atoms with Gasteiger partial charge in [0, 0.05) is 37.4 Å². The van der Waals surface area contributed by atoms with Gasteiger partial charge in [-0.25, -0.2) is 18.4 Å². The Hall–Kier alpha value is -3.13. The van der Waals surface area contributed by atoms with Crippen LogP contribution in [-0.2, 0) is 22.8 Å². The minimum atomic E-state index is -3.29. The molecule has 0 fully saturated rings. The zero-order valence-corrected chi connectivity index (χ0v) is 19.7. The van der Waals surface area contributed by atoms with Crippen molar-refractivity contribution in [3.05, 3.63) is 70.7 Å². The molecular weight excluding hydrogens is 422 g/mol. The lowest BCUT2D eigenvalue weighted by molar-refractivity contribution is 0.601. The molecule has 1 aliphatic heterocycles. The quantitative estimate of drug-likeness (QED) is 0.569. The Balaban J connectivity index is 1.62. The van der Waals surface area contributed by atoms with Gasteiger partial charge in [-0.3, -0.25) is 0 Å². The van der Waals surface area contributed by atoms with Gasteiger partial charge in [-0.2, -0.15) is 0 Å². The van der Waals surface area contributed by atoms with Crippen molar-refractivity contribution in [3.8, 4) is 0 Å². The maximum atomic E-state index is 12.1. The largest absolute Gasteiger partial charge is 0.397 e. The van der Waals surface area contributed by atoms with E-state index in [-0.39, 0.29) is 6.04 Å². The maximum absolute atomic E-state index is 12.1. The van der Waals surface area contributed by atoms with E-state index < -0.39 is 9.84 Å². The maximum Gasteiger partial charge on any atom is 0.175 e. The van der Waals surface area contributed by atoms with Gasteiger partial charge in [-0.1, -0.05) is 18.2 Å². The van der Waals surface area contributed by atoms with Crippen molar-refractivity contribution >= 4 is 27.0 Å². The number of anilines is 3. The van der Waals surface area contributed by atoms with Crippen molar-refractivity contribution in [2.45, 2.75) is 44.7 Å². The molecule has 2 heterocycles. The molecule has 7 nitrogen and oxygen atoms in total. The number of fused-ring (bicyclic) bond motifs is 1. The standard InChI is InChI=1S/C24H29N5O2S/c1-15-5-8-22(20(25)11-15)29-10-9-21-19(13-29)24(27-14-26-21)28-17(3)18-7-6-16(2)23(12-18)32(4,30)31/h5-8,11-12,14,17H,9-10,13,25H2,1-4H3,(H,26,27,28). The molecular formula is C24H29N5O2S. The van der Waals surface area contributed by atoms with Crippen LogP contribution in [-0.4, -0.2) is 31.2 Å². The first-order valence-electron chi connectivity index (χ1n) is 10.6. The van der Waals surface area contributed by atoms with E-state index >= 15 is 0 Å². The smallest absolute Gasteiger partial charge is 0.175 e. The molecule has 3 N–H and O–H groups in total. The summed E-state index contributed by atoms with van der Waals surface area (Å²) in [5.41, 5.74) is 12.9. The summed E-state index contributed by atoms with van der Waals surface area (Å²) in [7, 11) is -3.29. The number of sulfone groups is 1. The highest BCUT2D eigenvalue weighted by Crippen LogP contribution is 2.32. The second-order valence-corrected chi connectivity index (χ2v) is 10.5. The van der Waals surface area contributed by atoms with Gasteiger partial charge in [-0.05, 0) is 55.7 Å². The second kappa shape index (κ2) is 8.43. The van der Waals surface area contributed by atoms with Gasteiger partial charge in [0.25, 0.3) is 0 Å². The first-order chi connectivity index (χ1) is 15.1. The van der Waals surface area contributed by atoms with Crippen LogP contribution >= 0.6 is 0 Å². The van der Waals surface area contributed by atoms with Crippen LogP contribution in [0.4, 0.5) is 17.2 Å². The van der Waals surface area contributed by atoms with E-state index in [0.717, 1.165) is 58.1 Å². The van der Waals surface area contributed by atoms with Crippen LogP contribution in [0.2, 0.25) is 0 Å². The van der Waals surface area contributed by atoms with Gasteiger partial charge in [-0.15, -0.1) is 0 Å². The third kappa shape index (κ3) is 4.41. The Morgan fingerprint density at radius 2 is 1.91 bits per heavy atom. The fourth-order valence-electron chi connectivity index (χ4n) is 4.21. The minimum absolute atomic E-state index is 0.130. The fraction of sp³-hybridized carbons (Fsp3) is 0.333. The summed E-state index contributed by atoms with van der Waals surface area (Å²) >= 11 is 0. The van der Waals surface area contributed by atoms with Gasteiger partial charge in [0.1, 0.15) is 12.1 Å². The molecule has 2 aromatic carbocycles. The first kappa shape index (κ1) is 22.1. The molecule has 1 aromatic heterocycles. The number of aromatic nitrogens is 2. The van der Waals surface area contributed by atoms with Gasteiger partial charge < -0.3 is 16.0 Å². The molecule has 0 radical (unpaired) electrons. The number of nitrogen functional groups attached to an aromatic ring is 1. The minimum Gasteiger partial charge on any atom is -0.397 e. The number of nitrogens with zero attached hydrogens (tertiary/aromatic N) is 3. The van der Waals surface area contributed by atoms with Crippen LogP contribution in [0, 0.1) is 13.8 Å². The Kier molecular flexibility index (Phi) is 5.81. The van der Waals surface area contributed by atoms with Gasteiger partial charge >= 0.3 is 0 Å². The van der Waals surface area contributed by atoms with Crippen LogP contribution in [0.1, 0.15) is 40.9 Å². The third-order valence-corrected chi connectivity index (χ3v) is 7.23. The number of hydrogen-bond acceptors (Lipinski definition) is 7. The topological polar surface area (TPSA) is 101 Å². The number of rotatable bonds is 5. The Morgan fingerprint density at radius 1 is 1.12 bits per heavy atom. The third-order valence-electron chi connectivity index (χ3n) is 5.99. The molecule has 0 spiro atoms. The highest BCUT2D eigenvalue weighted by atomic mass is 32.2. The van der Waals surface area contributed by atoms with Crippen LogP contribution in [0.15, 0.2) is 47.6 Å². The second-order valence-electron chi connectivity index (χ2n) is 8.54. The lowest BCUT2D eigenvalue weighted by Crippen LogP contribution is -2.32. The van der Waals surface area contributed by atoms with Gasteiger partial charge in [0.05, 0.1) is 22.0 Å². The number of benzene rings is 2. The lowest BCUT2D eigenvalue weighted by atomic mass is 10.0. The van der Waals surface area contributed by atoms with E-state index in [4.69, 9.17) is 5.73 Å². The zero-order valence-electron chi connectivity index (χ0n) is 18.9. The number of hydrogen-bond donors (Lipinski definition) is 2. The van der Waals surface area contributed by atoms with E-state index in [2.05, 4.69) is 32.3 Å². The van der Waals surface area contributed by atoms with Gasteiger partial charge in [0.2, 0.25) is 0 Å². The SMILES string of the molecule is Cc1ccc(N2CCc3ncnc(NC(C)c4ccc(C)c(S(C)(=O)=O)c4)c3C2)c(N)c1. The van der Waals surface area contributed by atoms with Crippen LogP contribution in [0.5, 0.6) is 0 Å². The van der Waals surface area contributed by atoms with Crippen molar-refractivity contribution < 1.29 is 8.42 Å². The Bertz CT molecular complexity index is 1270. The molecule has 0 saturated heterocycles. The molecule has 3 aromatic rings. The van der Waals surface area contributed by atoms with Gasteiger partial charge in [0.15, 0.2) is 9.84 Å². The van der Waals surface area contributed by atoms with Crippen molar-refractivity contribution in [2.75, 3.05) is 28.8 Å². The predicted octanol–water partition coefficient (Wildman–Crippen LogP) is 3.81. The summed E-state index contributed by atoms with van der Waals surface area (Å²) in [6.07, 6.45) is 3.63. The van der Waals surface area contributed by atoms with Crippen molar-refractivity contribution in [1.29, 1.82) is 0 Å². The van der Waals surface area contributed by atoms with E-state index in [1.54, 1.807) is 12.4 Å². The zero-order chi connectivity index (χ0) is 23.0. The number of aryl methyl sites for hydroxylation is 2. The van der Waals surface area contributed by atoms with Crippen LogP contribution in [0.3, 0.4) is 0 Å². The average Bonchev–Trinajstić information content (AvgIpc) is 2.73. The van der Waals surface area contributed by atoms with E-state index in [1.807, 2.05) is 39.0 Å². The monoisotopic (exact) mass is 451 g/mol. The van der Waals surface area contributed by atoms with Crippen molar-refractivity contribution in [2.24, 2.45) is 0 Å². The van der Waals surface area contributed by atoms with Crippen molar-refractivity contribution in [1.82, 2.24) is 9.97 Å². The summed E-state index contributed by atoms with van der Waals surface area (Å²) in [4.78, 5) is 11.6. The fourth-order valence-corrected chi connectivity index (χ4v) is 5.21. The highest BCUT2D eigenvalue weighted by Gasteiger charge is 2.24. The first-order valence-corrected chi connectivity index (χ1v) is 12.5. The van der Waals surface area contributed by atoms with E-state index in [9.17, 15) is 8.42 Å². The molecule has 1 aliphatic rings. The summed E-state index contributed by atoms with van der Waals surface area (Å²) < 4.78 is 24.3. The molecule has 0 bridgehead atoms. The molecule has 168 valence electrons. The highest BCUT2D eigenvalue weighted by molar-refractivity contribution is 7.90.